The highest BCUT2D eigenvalue weighted by Crippen LogP contribution is 2.43. The Morgan fingerprint density at radius 1 is 1.10 bits per heavy atom. The molecule has 0 spiro atoms. The number of allylic oxidation sites excluding steroid dienone is 2. The lowest BCUT2D eigenvalue weighted by Crippen LogP contribution is -2.34. The largest absolute Gasteiger partial charge is 0.497 e. The van der Waals surface area contributed by atoms with Crippen molar-refractivity contribution >= 4 is 17.3 Å². The minimum absolute atomic E-state index is 0.240. The molecule has 29 heavy (non-hydrogen) atoms. The van der Waals surface area contributed by atoms with Crippen molar-refractivity contribution < 1.29 is 23.8 Å². The lowest BCUT2D eigenvalue weighted by Gasteiger charge is -2.30. The minimum Gasteiger partial charge on any atom is -0.497 e. The van der Waals surface area contributed by atoms with E-state index in [-0.39, 0.29) is 18.3 Å². The van der Waals surface area contributed by atoms with E-state index in [0.717, 1.165) is 22.3 Å². The Kier molecular flexibility index (Phi) is 6.37. The molecule has 5 heteroatoms. The monoisotopic (exact) mass is 394 g/mol. The average molecular weight is 394 g/mol. The van der Waals surface area contributed by atoms with Crippen LogP contribution in [0.5, 0.6) is 11.5 Å². The molecule has 0 aromatic heterocycles. The number of carbonyl (C=O) groups is 2. The number of aryl methyl sites for hydroxylation is 1. The highest BCUT2D eigenvalue weighted by molar-refractivity contribution is 6.11. The molecular formula is C24H26O5. The van der Waals surface area contributed by atoms with Gasteiger partial charge < -0.3 is 14.2 Å². The Hall–Kier alpha value is -3.08. The zero-order chi connectivity index (χ0) is 21.0. The molecule has 152 valence electrons. The highest BCUT2D eigenvalue weighted by Gasteiger charge is 2.40. The molecule has 0 fully saturated rings. The van der Waals surface area contributed by atoms with Crippen molar-refractivity contribution in [1.29, 1.82) is 0 Å². The van der Waals surface area contributed by atoms with Crippen LogP contribution in [-0.2, 0) is 14.3 Å². The summed E-state index contributed by atoms with van der Waals surface area (Å²) in [5, 5.41) is 0. The summed E-state index contributed by atoms with van der Waals surface area (Å²) < 4.78 is 16.0. The van der Waals surface area contributed by atoms with Crippen molar-refractivity contribution in [1.82, 2.24) is 0 Å². The van der Waals surface area contributed by atoms with Crippen molar-refractivity contribution in [2.75, 3.05) is 20.8 Å². The van der Waals surface area contributed by atoms with E-state index in [0.29, 0.717) is 17.9 Å². The lowest BCUT2D eigenvalue weighted by atomic mass is 9.72. The Bertz CT molecular complexity index is 944. The molecule has 5 nitrogen and oxygen atoms in total. The molecule has 1 aliphatic carbocycles. The second-order valence-electron chi connectivity index (χ2n) is 7.04. The normalized spacial score (nSPS) is 18.8. The zero-order valence-corrected chi connectivity index (χ0v) is 17.2. The van der Waals surface area contributed by atoms with Crippen LogP contribution in [-0.4, -0.2) is 32.6 Å². The molecule has 0 amide bonds. The van der Waals surface area contributed by atoms with Gasteiger partial charge >= 0.3 is 5.97 Å². The molecule has 0 radical (unpaired) electrons. The van der Waals surface area contributed by atoms with E-state index < -0.39 is 11.9 Å². The van der Waals surface area contributed by atoms with E-state index in [4.69, 9.17) is 14.2 Å². The fourth-order valence-electron chi connectivity index (χ4n) is 3.93. The fourth-order valence-corrected chi connectivity index (χ4v) is 3.93. The number of ether oxygens (including phenoxy) is 3. The van der Waals surface area contributed by atoms with Crippen molar-refractivity contribution in [3.05, 3.63) is 65.2 Å². The number of benzene rings is 2. The van der Waals surface area contributed by atoms with Crippen molar-refractivity contribution in [3.8, 4) is 11.5 Å². The summed E-state index contributed by atoms with van der Waals surface area (Å²) in [7, 11) is 3.18. The Morgan fingerprint density at radius 2 is 1.86 bits per heavy atom. The van der Waals surface area contributed by atoms with Gasteiger partial charge in [0.15, 0.2) is 5.78 Å². The Labute approximate surface area is 171 Å². The number of rotatable bonds is 6. The third kappa shape index (κ3) is 4.19. The summed E-state index contributed by atoms with van der Waals surface area (Å²) in [6, 6.07) is 13.4. The van der Waals surface area contributed by atoms with Crippen LogP contribution in [0.25, 0.3) is 5.57 Å². The first-order valence-corrected chi connectivity index (χ1v) is 9.69. The molecule has 2 aromatic rings. The predicted octanol–water partition coefficient (Wildman–Crippen LogP) is 4.33. The fraction of sp³-hybridized carbons (Fsp3) is 0.333. The quantitative estimate of drug-likeness (QED) is 0.539. The molecule has 0 N–H and O–H groups in total. The minimum atomic E-state index is -0.843. The van der Waals surface area contributed by atoms with Gasteiger partial charge in [-0.3, -0.25) is 9.59 Å². The van der Waals surface area contributed by atoms with Crippen LogP contribution in [0.1, 0.15) is 36.0 Å². The van der Waals surface area contributed by atoms with Gasteiger partial charge in [-0.25, -0.2) is 0 Å². The summed E-state index contributed by atoms with van der Waals surface area (Å²) in [6.07, 6.45) is 2.09. The summed E-state index contributed by atoms with van der Waals surface area (Å²) in [5.41, 5.74) is 3.69. The predicted molar refractivity (Wildman–Crippen MR) is 111 cm³/mol. The molecule has 2 aromatic carbocycles. The Morgan fingerprint density at radius 3 is 2.52 bits per heavy atom. The molecule has 3 rings (SSSR count). The molecule has 0 unspecified atom stereocenters. The van der Waals surface area contributed by atoms with E-state index in [2.05, 4.69) is 0 Å². The lowest BCUT2D eigenvalue weighted by molar-refractivity contribution is -0.151. The van der Waals surface area contributed by atoms with Crippen LogP contribution in [0.4, 0.5) is 0 Å². The second kappa shape index (κ2) is 8.95. The first-order chi connectivity index (χ1) is 14.0. The van der Waals surface area contributed by atoms with Crippen LogP contribution in [0.15, 0.2) is 48.5 Å². The van der Waals surface area contributed by atoms with Crippen LogP contribution >= 0.6 is 0 Å². The van der Waals surface area contributed by atoms with E-state index in [1.165, 1.54) is 0 Å². The van der Waals surface area contributed by atoms with E-state index in [9.17, 15) is 9.59 Å². The summed E-state index contributed by atoms with van der Waals surface area (Å²) in [6.45, 7) is 3.98. The molecule has 0 aliphatic heterocycles. The number of hydrogen-bond acceptors (Lipinski definition) is 5. The third-order valence-corrected chi connectivity index (χ3v) is 5.35. The van der Waals surface area contributed by atoms with Crippen molar-refractivity contribution in [3.63, 3.8) is 0 Å². The zero-order valence-electron chi connectivity index (χ0n) is 17.2. The maximum absolute atomic E-state index is 13.1. The van der Waals surface area contributed by atoms with E-state index in [1.54, 1.807) is 33.3 Å². The second-order valence-corrected chi connectivity index (χ2v) is 7.04. The van der Waals surface area contributed by atoms with Crippen LogP contribution in [0, 0.1) is 12.8 Å². The topological polar surface area (TPSA) is 61.8 Å². The smallest absolute Gasteiger partial charge is 0.317 e. The van der Waals surface area contributed by atoms with Gasteiger partial charge in [-0.05, 0) is 55.2 Å². The maximum atomic E-state index is 13.1. The summed E-state index contributed by atoms with van der Waals surface area (Å²) in [4.78, 5) is 25.7. The number of methoxy groups -OCH3 is 2. The molecule has 0 heterocycles. The van der Waals surface area contributed by atoms with Crippen LogP contribution < -0.4 is 9.47 Å². The SMILES string of the molecule is CCOC(=O)[C@@H]1C(=O)C=C(c2ccc(OC)cc2OC)C[C@H]1c1ccccc1C. The van der Waals surface area contributed by atoms with Gasteiger partial charge in [0.25, 0.3) is 0 Å². The Balaban J connectivity index is 2.08. The van der Waals surface area contributed by atoms with Gasteiger partial charge in [-0.2, -0.15) is 0 Å². The van der Waals surface area contributed by atoms with E-state index in [1.807, 2.05) is 43.3 Å². The maximum Gasteiger partial charge on any atom is 0.317 e. The number of carbonyl (C=O) groups excluding carboxylic acids is 2. The molecule has 0 bridgehead atoms. The molecule has 2 atom stereocenters. The average Bonchev–Trinajstić information content (AvgIpc) is 2.73. The summed E-state index contributed by atoms with van der Waals surface area (Å²) >= 11 is 0. The molecule has 0 saturated carbocycles. The van der Waals surface area contributed by atoms with Gasteiger partial charge in [-0.1, -0.05) is 24.3 Å². The first kappa shape index (κ1) is 20.6. The van der Waals surface area contributed by atoms with Gasteiger partial charge in [0.2, 0.25) is 0 Å². The number of esters is 1. The standard InChI is InChI=1S/C24H26O5/c1-5-29-24(26)23-20(18-9-7-6-8-15(18)2)12-16(13-21(23)25)19-11-10-17(27-3)14-22(19)28-4/h6-11,13-14,20,23H,5,12H2,1-4H3/t20-,23-/m0/s1. The third-order valence-electron chi connectivity index (χ3n) is 5.35. The summed E-state index contributed by atoms with van der Waals surface area (Å²) in [5.74, 6) is -0.549. The first-order valence-electron chi connectivity index (χ1n) is 9.69. The molecule has 0 saturated heterocycles. The molecule has 1 aliphatic rings. The number of hydrogen-bond donors (Lipinski definition) is 0. The number of ketones is 1. The van der Waals surface area contributed by atoms with Gasteiger partial charge in [0, 0.05) is 17.5 Å². The highest BCUT2D eigenvalue weighted by atomic mass is 16.5. The van der Waals surface area contributed by atoms with Crippen LogP contribution in [0.2, 0.25) is 0 Å². The molecular weight excluding hydrogens is 368 g/mol. The van der Waals surface area contributed by atoms with Crippen LogP contribution in [0.3, 0.4) is 0 Å². The van der Waals surface area contributed by atoms with Gasteiger partial charge in [0.05, 0.1) is 20.8 Å². The van der Waals surface area contributed by atoms with Crippen molar-refractivity contribution in [2.24, 2.45) is 5.92 Å². The van der Waals surface area contributed by atoms with Gasteiger partial charge in [-0.15, -0.1) is 0 Å². The van der Waals surface area contributed by atoms with Gasteiger partial charge in [0.1, 0.15) is 17.4 Å². The van der Waals surface area contributed by atoms with E-state index >= 15 is 0 Å². The van der Waals surface area contributed by atoms with Crippen molar-refractivity contribution in [2.45, 2.75) is 26.2 Å².